The fourth-order valence-electron chi connectivity index (χ4n) is 1.65. The molecule has 0 atom stereocenters. The molecule has 2 heterocycles. The first-order chi connectivity index (χ1) is 7.99. The molecule has 17 heavy (non-hydrogen) atoms. The topological polar surface area (TPSA) is 58.6 Å². The Morgan fingerprint density at radius 1 is 1.18 bits per heavy atom. The first-order valence-corrected chi connectivity index (χ1v) is 5.89. The molecule has 2 rings (SSSR count). The quantitative estimate of drug-likeness (QED) is 0.864. The summed E-state index contributed by atoms with van der Waals surface area (Å²) in [6.45, 7) is 8.15. The van der Waals surface area contributed by atoms with Crippen molar-refractivity contribution in [3.8, 4) is 0 Å². The van der Waals surface area contributed by atoms with Gasteiger partial charge in [0.25, 0.3) is 0 Å². The van der Waals surface area contributed by atoms with Crippen molar-refractivity contribution in [3.05, 3.63) is 34.0 Å². The van der Waals surface area contributed by atoms with Crippen molar-refractivity contribution in [2.45, 2.75) is 39.5 Å². The number of nitrogens with one attached hydrogen (secondary N) is 1. The third-order valence-electron chi connectivity index (χ3n) is 2.76. The van der Waals surface area contributed by atoms with E-state index in [0.29, 0.717) is 11.0 Å². The van der Waals surface area contributed by atoms with Gasteiger partial charge in [-0.1, -0.05) is 27.7 Å². The molecule has 4 nitrogen and oxygen atoms in total. The van der Waals surface area contributed by atoms with Crippen LogP contribution in [0.15, 0.2) is 17.1 Å². The third kappa shape index (κ3) is 2.20. The summed E-state index contributed by atoms with van der Waals surface area (Å²) in [5.74, 6) is 1.30. The van der Waals surface area contributed by atoms with E-state index in [4.69, 9.17) is 0 Å². The van der Waals surface area contributed by atoms with Crippen molar-refractivity contribution in [2.24, 2.45) is 0 Å². The number of H-pyrrole nitrogens is 1. The summed E-state index contributed by atoms with van der Waals surface area (Å²) < 4.78 is 0. The predicted octanol–water partition coefficient (Wildman–Crippen LogP) is 2.56. The second kappa shape index (κ2) is 4.28. The van der Waals surface area contributed by atoms with Crippen LogP contribution in [-0.2, 0) is 0 Å². The number of pyridine rings is 1. The van der Waals surface area contributed by atoms with E-state index in [-0.39, 0.29) is 17.3 Å². The zero-order valence-electron chi connectivity index (χ0n) is 10.6. The molecule has 0 spiro atoms. The van der Waals surface area contributed by atoms with Gasteiger partial charge in [0, 0.05) is 23.9 Å². The molecule has 2 aromatic heterocycles. The van der Waals surface area contributed by atoms with E-state index in [9.17, 15) is 4.79 Å². The van der Waals surface area contributed by atoms with Crippen LogP contribution in [0.4, 0.5) is 0 Å². The standard InChI is InChI=1S/C13H17N3O/c1-7(2)10-5-11(17)9-6-14-12(8(3)4)16-13(9)15-10/h5-8H,1-4H3,(H,14,15,16,17). The molecule has 0 amide bonds. The van der Waals surface area contributed by atoms with Gasteiger partial charge in [-0.3, -0.25) is 4.79 Å². The number of aromatic amines is 1. The number of rotatable bonds is 2. The minimum atomic E-state index is -0.0160. The fraction of sp³-hybridized carbons (Fsp3) is 0.462. The Hall–Kier alpha value is -1.71. The smallest absolute Gasteiger partial charge is 0.192 e. The van der Waals surface area contributed by atoms with Crippen LogP contribution in [0.3, 0.4) is 0 Å². The Labute approximate surface area is 100 Å². The molecular formula is C13H17N3O. The lowest BCUT2D eigenvalue weighted by Crippen LogP contribution is -2.09. The SMILES string of the molecule is CC(C)c1ncc2c(=O)cc(C(C)C)[nH]c2n1. The van der Waals surface area contributed by atoms with Gasteiger partial charge in [0.1, 0.15) is 11.5 Å². The van der Waals surface area contributed by atoms with Gasteiger partial charge in [0.2, 0.25) is 0 Å². The Bertz CT molecular complexity index is 594. The largest absolute Gasteiger partial charge is 0.343 e. The Morgan fingerprint density at radius 3 is 2.47 bits per heavy atom. The summed E-state index contributed by atoms with van der Waals surface area (Å²) >= 11 is 0. The van der Waals surface area contributed by atoms with Crippen LogP contribution in [0.25, 0.3) is 11.0 Å². The maximum atomic E-state index is 11.9. The lowest BCUT2D eigenvalue weighted by atomic mass is 10.1. The van der Waals surface area contributed by atoms with Crippen LogP contribution in [0.1, 0.15) is 51.0 Å². The van der Waals surface area contributed by atoms with Gasteiger partial charge < -0.3 is 4.98 Å². The molecule has 0 radical (unpaired) electrons. The first kappa shape index (κ1) is 11.8. The lowest BCUT2D eigenvalue weighted by molar-refractivity contribution is 0.775. The summed E-state index contributed by atoms with van der Waals surface area (Å²) in [7, 11) is 0. The fourth-order valence-corrected chi connectivity index (χ4v) is 1.65. The normalized spacial score (nSPS) is 11.6. The van der Waals surface area contributed by atoms with E-state index >= 15 is 0 Å². The molecule has 1 N–H and O–H groups in total. The van der Waals surface area contributed by atoms with Crippen LogP contribution < -0.4 is 5.43 Å². The van der Waals surface area contributed by atoms with E-state index in [1.807, 2.05) is 27.7 Å². The van der Waals surface area contributed by atoms with Crippen LogP contribution >= 0.6 is 0 Å². The van der Waals surface area contributed by atoms with Gasteiger partial charge >= 0.3 is 0 Å². The van der Waals surface area contributed by atoms with Gasteiger partial charge in [-0.2, -0.15) is 0 Å². The number of nitrogens with zero attached hydrogens (tertiary/aromatic N) is 2. The maximum Gasteiger partial charge on any atom is 0.192 e. The van der Waals surface area contributed by atoms with Crippen LogP contribution in [0, 0.1) is 0 Å². The zero-order valence-corrected chi connectivity index (χ0v) is 10.6. The monoisotopic (exact) mass is 231 g/mol. The van der Waals surface area contributed by atoms with E-state index in [0.717, 1.165) is 11.5 Å². The second-order valence-electron chi connectivity index (χ2n) is 4.89. The van der Waals surface area contributed by atoms with Crippen LogP contribution in [0.5, 0.6) is 0 Å². The summed E-state index contributed by atoms with van der Waals surface area (Å²) in [4.78, 5) is 23.7. The molecule has 4 heteroatoms. The summed E-state index contributed by atoms with van der Waals surface area (Å²) in [6.07, 6.45) is 1.61. The molecule has 2 aromatic rings. The average molecular weight is 231 g/mol. The molecule has 0 saturated carbocycles. The average Bonchev–Trinajstić information content (AvgIpc) is 2.27. The van der Waals surface area contributed by atoms with Crippen molar-refractivity contribution < 1.29 is 0 Å². The number of fused-ring (bicyclic) bond motifs is 1. The Balaban J connectivity index is 2.71. The highest BCUT2D eigenvalue weighted by Gasteiger charge is 2.09. The predicted molar refractivity (Wildman–Crippen MR) is 68.3 cm³/mol. The molecular weight excluding hydrogens is 214 g/mol. The van der Waals surface area contributed by atoms with Gasteiger partial charge in [-0.15, -0.1) is 0 Å². The molecule has 0 unspecified atom stereocenters. The number of aromatic nitrogens is 3. The molecule has 0 bridgehead atoms. The highest BCUT2D eigenvalue weighted by Crippen LogP contribution is 2.14. The van der Waals surface area contributed by atoms with Crippen molar-refractivity contribution in [2.75, 3.05) is 0 Å². The summed E-state index contributed by atoms with van der Waals surface area (Å²) in [5, 5.41) is 0.554. The highest BCUT2D eigenvalue weighted by atomic mass is 16.1. The molecule has 0 aromatic carbocycles. The van der Waals surface area contributed by atoms with Crippen molar-refractivity contribution in [1.82, 2.24) is 15.0 Å². The van der Waals surface area contributed by atoms with Crippen molar-refractivity contribution in [3.63, 3.8) is 0 Å². The minimum Gasteiger partial charge on any atom is -0.343 e. The Morgan fingerprint density at radius 2 is 1.88 bits per heavy atom. The molecule has 0 fully saturated rings. The maximum absolute atomic E-state index is 11.9. The molecule has 0 saturated heterocycles. The van der Waals surface area contributed by atoms with Gasteiger partial charge in [0.05, 0.1) is 5.39 Å². The first-order valence-electron chi connectivity index (χ1n) is 5.89. The van der Waals surface area contributed by atoms with Gasteiger partial charge in [0.15, 0.2) is 5.43 Å². The van der Waals surface area contributed by atoms with Gasteiger partial charge in [-0.25, -0.2) is 9.97 Å². The van der Waals surface area contributed by atoms with Gasteiger partial charge in [-0.05, 0) is 5.92 Å². The third-order valence-corrected chi connectivity index (χ3v) is 2.76. The summed E-state index contributed by atoms with van der Waals surface area (Å²) in [6, 6.07) is 1.63. The number of hydrogen-bond donors (Lipinski definition) is 1. The van der Waals surface area contributed by atoms with E-state index in [1.54, 1.807) is 12.3 Å². The van der Waals surface area contributed by atoms with Crippen molar-refractivity contribution >= 4 is 11.0 Å². The van der Waals surface area contributed by atoms with Crippen LogP contribution in [-0.4, -0.2) is 15.0 Å². The molecule has 0 aliphatic rings. The zero-order chi connectivity index (χ0) is 12.6. The second-order valence-corrected chi connectivity index (χ2v) is 4.89. The van der Waals surface area contributed by atoms with E-state index in [2.05, 4.69) is 15.0 Å². The van der Waals surface area contributed by atoms with Crippen molar-refractivity contribution in [1.29, 1.82) is 0 Å². The highest BCUT2D eigenvalue weighted by molar-refractivity contribution is 5.73. The van der Waals surface area contributed by atoms with Crippen LogP contribution in [0.2, 0.25) is 0 Å². The molecule has 0 aliphatic heterocycles. The Kier molecular flexibility index (Phi) is 2.96. The van der Waals surface area contributed by atoms with E-state index in [1.165, 1.54) is 0 Å². The van der Waals surface area contributed by atoms with E-state index < -0.39 is 0 Å². The number of hydrogen-bond acceptors (Lipinski definition) is 3. The minimum absolute atomic E-state index is 0.0160. The molecule has 90 valence electrons. The summed E-state index contributed by atoms with van der Waals surface area (Å²) in [5.41, 5.74) is 1.54. The lowest BCUT2D eigenvalue weighted by Gasteiger charge is -2.08. The molecule has 0 aliphatic carbocycles.